The summed E-state index contributed by atoms with van der Waals surface area (Å²) in [4.78, 5) is 4.26. The van der Waals surface area contributed by atoms with E-state index in [9.17, 15) is 0 Å². The first kappa shape index (κ1) is 7.70. The number of aromatic nitrogens is 2. The average molecular weight is 213 g/mol. The van der Waals surface area contributed by atoms with Gasteiger partial charge >= 0.3 is 0 Å². The van der Waals surface area contributed by atoms with Crippen LogP contribution in [-0.4, -0.2) is 22.7 Å². The van der Waals surface area contributed by atoms with Gasteiger partial charge in [-0.2, -0.15) is 10.2 Å². The lowest BCUT2D eigenvalue weighted by Crippen LogP contribution is -2.01. The second-order valence-corrected chi connectivity index (χ2v) is 5.35. The number of hydrogen-bond acceptors (Lipinski definition) is 4. The fraction of sp³-hybridized carbons (Fsp3) is 0.636. The molecular formula is C11H11N5. The number of aliphatic imine (C=N–C) groups is 1. The van der Waals surface area contributed by atoms with Crippen molar-refractivity contribution in [3.8, 4) is 0 Å². The number of fused-ring (bicyclic) bond motifs is 5. The van der Waals surface area contributed by atoms with E-state index in [-0.39, 0.29) is 0 Å². The maximum atomic E-state index is 4.49. The molecule has 5 heteroatoms. The number of amidine groups is 1. The highest BCUT2D eigenvalue weighted by molar-refractivity contribution is 5.99. The lowest BCUT2D eigenvalue weighted by molar-refractivity contribution is 0.697. The molecule has 1 spiro atoms. The van der Waals surface area contributed by atoms with E-state index in [1.54, 1.807) is 0 Å². The highest BCUT2D eigenvalue weighted by Crippen LogP contribution is 2.82. The van der Waals surface area contributed by atoms with E-state index in [0.29, 0.717) is 12.1 Å². The Morgan fingerprint density at radius 3 is 3.00 bits per heavy atom. The van der Waals surface area contributed by atoms with E-state index in [2.05, 4.69) is 25.4 Å². The van der Waals surface area contributed by atoms with E-state index in [1.165, 1.54) is 30.5 Å². The van der Waals surface area contributed by atoms with Crippen LogP contribution in [0.4, 0.5) is 0 Å². The van der Waals surface area contributed by atoms with Crippen molar-refractivity contribution in [2.45, 2.75) is 25.2 Å². The number of aromatic amines is 1. The van der Waals surface area contributed by atoms with Gasteiger partial charge in [0.15, 0.2) is 12.5 Å². The summed E-state index contributed by atoms with van der Waals surface area (Å²) in [6, 6.07) is 0. The first-order chi connectivity index (χ1) is 7.90. The summed E-state index contributed by atoms with van der Waals surface area (Å²) in [6.07, 6.45) is 4.02. The largest absolute Gasteiger partial charge is 0.274 e. The molecular weight excluding hydrogens is 202 g/mol. The van der Waals surface area contributed by atoms with Gasteiger partial charge in [0.2, 0.25) is 0 Å². The number of azo groups is 1. The van der Waals surface area contributed by atoms with Crippen molar-refractivity contribution in [1.29, 1.82) is 0 Å². The van der Waals surface area contributed by atoms with Crippen LogP contribution in [0.1, 0.15) is 35.7 Å². The molecule has 2 unspecified atom stereocenters. The highest BCUT2D eigenvalue weighted by atomic mass is 15.3. The molecule has 1 aromatic heterocycles. The molecule has 2 atom stereocenters. The summed E-state index contributed by atoms with van der Waals surface area (Å²) < 4.78 is 0. The molecule has 5 rings (SSSR count). The second kappa shape index (κ2) is 2.12. The van der Waals surface area contributed by atoms with Gasteiger partial charge in [-0.1, -0.05) is 0 Å². The lowest BCUT2D eigenvalue weighted by Gasteiger charge is -2.00. The van der Waals surface area contributed by atoms with E-state index >= 15 is 0 Å². The molecule has 2 heterocycles. The molecule has 2 fully saturated rings. The normalized spacial score (nSPS) is 35.1. The number of hydrogen-bond donors (Lipinski definition) is 1. The standard InChI is InChI=1S/C11H11N5/c1-2-11(1)6-3-5-8(7(6)11)14-15-9(5)10-12-4-13-16-10/h6-7H,1-4H2,(H,14,15). The summed E-state index contributed by atoms with van der Waals surface area (Å²) in [5.74, 6) is 2.39. The third-order valence-corrected chi connectivity index (χ3v) is 4.77. The molecule has 0 bridgehead atoms. The molecule has 4 aliphatic rings. The predicted molar refractivity (Wildman–Crippen MR) is 56.4 cm³/mol. The minimum atomic E-state index is 0.472. The van der Waals surface area contributed by atoms with Gasteiger partial charge in [0, 0.05) is 11.5 Å². The van der Waals surface area contributed by atoms with Crippen LogP contribution in [0.3, 0.4) is 0 Å². The molecule has 16 heavy (non-hydrogen) atoms. The fourth-order valence-corrected chi connectivity index (χ4v) is 3.79. The molecule has 80 valence electrons. The predicted octanol–water partition coefficient (Wildman–Crippen LogP) is 1.63. The van der Waals surface area contributed by atoms with Gasteiger partial charge < -0.3 is 0 Å². The van der Waals surface area contributed by atoms with Crippen LogP contribution in [0.25, 0.3) is 0 Å². The zero-order valence-electron chi connectivity index (χ0n) is 8.77. The van der Waals surface area contributed by atoms with Gasteiger partial charge in [-0.3, -0.25) is 5.10 Å². The molecule has 1 aromatic rings. The Bertz CT molecular complexity index is 563. The summed E-state index contributed by atoms with van der Waals surface area (Å²) >= 11 is 0. The van der Waals surface area contributed by atoms with Crippen molar-refractivity contribution in [2.75, 3.05) is 6.67 Å². The van der Waals surface area contributed by atoms with Gasteiger partial charge in [0.05, 0.1) is 5.69 Å². The molecule has 5 nitrogen and oxygen atoms in total. The minimum absolute atomic E-state index is 0.472. The van der Waals surface area contributed by atoms with Gasteiger partial charge in [0.1, 0.15) is 5.69 Å². The second-order valence-electron chi connectivity index (χ2n) is 5.35. The van der Waals surface area contributed by atoms with Gasteiger partial charge in [0.25, 0.3) is 0 Å². The first-order valence-corrected chi connectivity index (χ1v) is 5.90. The minimum Gasteiger partial charge on any atom is -0.274 e. The van der Waals surface area contributed by atoms with E-state index in [1.807, 2.05) is 0 Å². The Morgan fingerprint density at radius 1 is 1.31 bits per heavy atom. The number of nitrogens with zero attached hydrogens (tertiary/aromatic N) is 4. The van der Waals surface area contributed by atoms with E-state index in [4.69, 9.17) is 0 Å². The van der Waals surface area contributed by atoms with Crippen molar-refractivity contribution in [3.63, 3.8) is 0 Å². The maximum absolute atomic E-state index is 4.49. The first-order valence-electron chi connectivity index (χ1n) is 5.90. The van der Waals surface area contributed by atoms with Gasteiger partial charge in [-0.15, -0.1) is 5.11 Å². The highest BCUT2D eigenvalue weighted by Gasteiger charge is 2.75. The topological polar surface area (TPSA) is 65.8 Å². The van der Waals surface area contributed by atoms with Crippen LogP contribution in [0.15, 0.2) is 15.2 Å². The fourth-order valence-electron chi connectivity index (χ4n) is 3.79. The van der Waals surface area contributed by atoms with Crippen molar-refractivity contribution in [3.05, 3.63) is 17.0 Å². The number of nitrogens with one attached hydrogen (secondary N) is 1. The number of H-pyrrole nitrogens is 1. The van der Waals surface area contributed by atoms with Gasteiger partial charge in [-0.05, 0) is 30.6 Å². The van der Waals surface area contributed by atoms with Crippen LogP contribution < -0.4 is 0 Å². The Kier molecular flexibility index (Phi) is 1.02. The van der Waals surface area contributed by atoms with E-state index < -0.39 is 0 Å². The lowest BCUT2D eigenvalue weighted by atomic mass is 10.0. The van der Waals surface area contributed by atoms with Crippen molar-refractivity contribution >= 4 is 5.84 Å². The van der Waals surface area contributed by atoms with Gasteiger partial charge in [-0.25, -0.2) is 4.99 Å². The van der Waals surface area contributed by atoms with Crippen molar-refractivity contribution in [1.82, 2.24) is 10.2 Å². The Morgan fingerprint density at radius 2 is 2.25 bits per heavy atom. The Labute approximate surface area is 92.1 Å². The monoisotopic (exact) mass is 213 g/mol. The number of rotatable bonds is 1. The van der Waals surface area contributed by atoms with Crippen LogP contribution in [0.2, 0.25) is 0 Å². The molecule has 2 saturated carbocycles. The van der Waals surface area contributed by atoms with Crippen LogP contribution >= 0.6 is 0 Å². The summed E-state index contributed by atoms with van der Waals surface area (Å²) in [6.45, 7) is 0.472. The van der Waals surface area contributed by atoms with E-state index in [0.717, 1.165) is 23.4 Å². The molecule has 0 aromatic carbocycles. The Balaban J connectivity index is 1.63. The zero-order valence-corrected chi connectivity index (χ0v) is 8.77. The molecule has 0 radical (unpaired) electrons. The van der Waals surface area contributed by atoms with Crippen molar-refractivity contribution in [2.24, 2.45) is 26.6 Å². The third-order valence-electron chi connectivity index (χ3n) is 4.77. The smallest absolute Gasteiger partial charge is 0.197 e. The van der Waals surface area contributed by atoms with Crippen molar-refractivity contribution < 1.29 is 0 Å². The zero-order chi connectivity index (χ0) is 10.3. The molecule has 3 aliphatic carbocycles. The summed E-state index contributed by atoms with van der Waals surface area (Å²) in [7, 11) is 0. The van der Waals surface area contributed by atoms with Crippen LogP contribution in [0, 0.1) is 11.3 Å². The molecule has 1 aliphatic heterocycles. The summed E-state index contributed by atoms with van der Waals surface area (Å²) in [5.41, 5.74) is 4.40. The SMILES string of the molecule is C1N=NC(c2[nH]nc3c2CC2C3C23CC3)=N1. The molecule has 0 amide bonds. The molecule has 0 saturated heterocycles. The average Bonchev–Trinajstić information content (AvgIpc) is 2.93. The quantitative estimate of drug-likeness (QED) is 0.757. The summed E-state index contributed by atoms with van der Waals surface area (Å²) in [5, 5.41) is 15.5. The van der Waals surface area contributed by atoms with Crippen LogP contribution in [-0.2, 0) is 6.42 Å². The maximum Gasteiger partial charge on any atom is 0.197 e. The van der Waals surface area contributed by atoms with Crippen LogP contribution in [0.5, 0.6) is 0 Å². The third kappa shape index (κ3) is 0.672. The molecule has 1 N–H and O–H groups in total. The Hall–Kier alpha value is -1.52.